The monoisotopic (exact) mass is 354 g/mol. The highest BCUT2D eigenvalue weighted by atomic mass is 32.2. The van der Waals surface area contributed by atoms with Gasteiger partial charge in [0.15, 0.2) is 11.6 Å². The van der Waals surface area contributed by atoms with Gasteiger partial charge in [-0.15, -0.1) is 4.72 Å². The molecule has 1 aromatic carbocycles. The molecule has 1 heterocycles. The van der Waals surface area contributed by atoms with Crippen molar-refractivity contribution in [2.75, 3.05) is 0 Å². The van der Waals surface area contributed by atoms with Crippen LogP contribution < -0.4 is 9.46 Å². The Hall–Kier alpha value is -1.70. The number of rotatable bonds is 5. The molecule has 0 aliphatic heterocycles. The van der Waals surface area contributed by atoms with Crippen LogP contribution in [0.4, 0.5) is 8.78 Å². The van der Waals surface area contributed by atoms with Crippen molar-refractivity contribution < 1.29 is 18.1 Å². The number of hydrogen-bond donors (Lipinski definition) is 1. The number of aromatic nitrogens is 1. The van der Waals surface area contributed by atoms with Gasteiger partial charge in [0.2, 0.25) is 5.88 Å². The van der Waals surface area contributed by atoms with Crippen LogP contribution in [0.3, 0.4) is 0 Å². The third-order valence-corrected chi connectivity index (χ3v) is 4.89. The summed E-state index contributed by atoms with van der Waals surface area (Å²) in [7, 11) is 0. The van der Waals surface area contributed by atoms with Crippen molar-refractivity contribution in [1.82, 2.24) is 9.71 Å². The molecule has 130 valence electrons. The predicted octanol–water partition coefficient (Wildman–Crippen LogP) is 4.26. The lowest BCUT2D eigenvalue weighted by Crippen LogP contribution is -2.40. The van der Waals surface area contributed by atoms with E-state index in [1.807, 2.05) is 27.7 Å². The third kappa shape index (κ3) is 4.90. The lowest BCUT2D eigenvalue weighted by molar-refractivity contribution is 0.447. The molecule has 0 aliphatic carbocycles. The van der Waals surface area contributed by atoms with Crippen molar-refractivity contribution in [2.45, 2.75) is 38.5 Å². The normalized spacial score (nSPS) is 14.3. The lowest BCUT2D eigenvalue weighted by atomic mass is 10.2. The Bertz CT molecular complexity index is 690. The molecule has 7 heteroatoms. The number of hydrogen-bond acceptors (Lipinski definition) is 4. The van der Waals surface area contributed by atoms with Gasteiger partial charge in [0, 0.05) is 29.7 Å². The number of halogens is 2. The van der Waals surface area contributed by atoms with Gasteiger partial charge in [0.1, 0.15) is 10.5 Å². The van der Waals surface area contributed by atoms with Gasteiger partial charge < -0.3 is 9.29 Å². The number of nitrogens with one attached hydrogen (secondary N) is 1. The molecular weight excluding hydrogens is 334 g/mol. The maximum Gasteiger partial charge on any atom is 0.219 e. The van der Waals surface area contributed by atoms with Crippen molar-refractivity contribution in [3.63, 3.8) is 0 Å². The highest BCUT2D eigenvalue weighted by Crippen LogP contribution is 2.24. The predicted molar refractivity (Wildman–Crippen MR) is 90.1 cm³/mol. The van der Waals surface area contributed by atoms with Gasteiger partial charge in [0.05, 0.1) is 6.04 Å². The number of benzene rings is 1. The molecule has 1 aromatic heterocycles. The standard InChI is InChI=1S/C17H20F2N2O2S/c1-11(21-24(22)17(2,3)4)12-5-8-16(20-10-12)23-13-6-7-14(18)15(19)9-13/h5-11,21H,1-4H3. The van der Waals surface area contributed by atoms with Crippen LogP contribution in [0, 0.1) is 11.6 Å². The average molecular weight is 354 g/mol. The Morgan fingerprint density at radius 3 is 2.42 bits per heavy atom. The van der Waals surface area contributed by atoms with Gasteiger partial charge in [-0.05, 0) is 45.4 Å². The quantitative estimate of drug-likeness (QED) is 0.815. The molecule has 0 saturated heterocycles. The van der Waals surface area contributed by atoms with Gasteiger partial charge in [-0.25, -0.2) is 13.8 Å². The molecule has 4 nitrogen and oxygen atoms in total. The zero-order valence-electron chi connectivity index (χ0n) is 14.0. The van der Waals surface area contributed by atoms with Crippen LogP contribution in [0.5, 0.6) is 11.6 Å². The van der Waals surface area contributed by atoms with Gasteiger partial charge in [-0.3, -0.25) is 0 Å². The van der Waals surface area contributed by atoms with E-state index >= 15 is 0 Å². The minimum atomic E-state index is -1.20. The van der Waals surface area contributed by atoms with Crippen molar-refractivity contribution in [2.24, 2.45) is 0 Å². The second-order valence-corrected chi connectivity index (χ2v) is 8.33. The van der Waals surface area contributed by atoms with E-state index in [1.54, 1.807) is 18.3 Å². The summed E-state index contributed by atoms with van der Waals surface area (Å²) in [6.07, 6.45) is 1.59. The number of pyridine rings is 1. The second kappa shape index (κ2) is 7.46. The summed E-state index contributed by atoms with van der Waals surface area (Å²) >= 11 is -1.20. The highest BCUT2D eigenvalue weighted by Gasteiger charge is 2.28. The third-order valence-electron chi connectivity index (χ3n) is 3.21. The molecule has 2 unspecified atom stereocenters. The molecule has 0 amide bonds. The molecule has 2 rings (SSSR count). The van der Waals surface area contributed by atoms with Crippen molar-refractivity contribution in [1.29, 1.82) is 0 Å². The molecule has 0 saturated carbocycles. The number of nitrogens with zero attached hydrogens (tertiary/aromatic N) is 1. The first kappa shape index (κ1) is 18.6. The zero-order chi connectivity index (χ0) is 17.9. The summed E-state index contributed by atoms with van der Waals surface area (Å²) in [6, 6.07) is 6.52. The topological polar surface area (TPSA) is 57.2 Å². The Balaban J connectivity index is 2.03. The Morgan fingerprint density at radius 1 is 1.17 bits per heavy atom. The van der Waals surface area contributed by atoms with E-state index in [2.05, 4.69) is 9.71 Å². The molecule has 24 heavy (non-hydrogen) atoms. The van der Waals surface area contributed by atoms with Crippen LogP contribution in [0.2, 0.25) is 0 Å². The van der Waals surface area contributed by atoms with Gasteiger partial charge >= 0.3 is 0 Å². The minimum absolute atomic E-state index is 0.158. The maximum atomic E-state index is 13.2. The fraction of sp³-hybridized carbons (Fsp3) is 0.353. The molecule has 0 aliphatic rings. The molecule has 2 atom stereocenters. The van der Waals surface area contributed by atoms with Gasteiger partial charge in [0.25, 0.3) is 0 Å². The molecule has 0 fully saturated rings. The van der Waals surface area contributed by atoms with Crippen LogP contribution >= 0.6 is 0 Å². The lowest BCUT2D eigenvalue weighted by Gasteiger charge is -2.26. The fourth-order valence-electron chi connectivity index (χ4n) is 1.77. The maximum absolute atomic E-state index is 13.2. The zero-order valence-corrected chi connectivity index (χ0v) is 14.8. The molecule has 0 radical (unpaired) electrons. The summed E-state index contributed by atoms with van der Waals surface area (Å²) in [4.78, 5) is 4.14. The van der Waals surface area contributed by atoms with E-state index in [9.17, 15) is 13.3 Å². The Kier molecular flexibility index (Phi) is 5.79. The van der Waals surface area contributed by atoms with E-state index in [1.165, 1.54) is 6.07 Å². The average Bonchev–Trinajstić information content (AvgIpc) is 2.50. The summed E-state index contributed by atoms with van der Waals surface area (Å²) in [5.41, 5.74) is 0.838. The van der Waals surface area contributed by atoms with E-state index in [0.717, 1.165) is 17.7 Å². The Morgan fingerprint density at radius 2 is 1.88 bits per heavy atom. The smallest absolute Gasteiger partial charge is 0.219 e. The number of ether oxygens (including phenoxy) is 1. The van der Waals surface area contributed by atoms with Crippen LogP contribution in [-0.2, 0) is 11.4 Å². The van der Waals surface area contributed by atoms with Crippen LogP contribution in [0.1, 0.15) is 39.3 Å². The van der Waals surface area contributed by atoms with E-state index < -0.39 is 23.0 Å². The molecular formula is C17H20F2N2O2S. The van der Waals surface area contributed by atoms with E-state index in [4.69, 9.17) is 4.74 Å². The molecule has 0 bridgehead atoms. The first-order chi connectivity index (χ1) is 11.2. The highest BCUT2D eigenvalue weighted by molar-refractivity contribution is 7.90. The van der Waals surface area contributed by atoms with Crippen LogP contribution in [0.15, 0.2) is 36.5 Å². The van der Waals surface area contributed by atoms with Crippen molar-refractivity contribution >= 4 is 11.4 Å². The molecule has 1 N–H and O–H groups in total. The van der Waals surface area contributed by atoms with Gasteiger partial charge in [-0.1, -0.05) is 6.07 Å². The van der Waals surface area contributed by atoms with Crippen LogP contribution in [-0.4, -0.2) is 14.3 Å². The van der Waals surface area contributed by atoms with E-state index in [0.29, 0.717) is 0 Å². The Labute approximate surface area is 143 Å². The molecule has 2 aromatic rings. The fourth-order valence-corrected chi connectivity index (χ4v) is 2.59. The summed E-state index contributed by atoms with van der Waals surface area (Å²) < 4.78 is 46.2. The largest absolute Gasteiger partial charge is 0.598 e. The van der Waals surface area contributed by atoms with Crippen molar-refractivity contribution in [3.05, 3.63) is 53.7 Å². The summed E-state index contributed by atoms with van der Waals surface area (Å²) in [5.74, 6) is -1.49. The minimum Gasteiger partial charge on any atom is -0.598 e. The SMILES string of the molecule is CC(N[S+]([O-])C(C)(C)C)c1ccc(Oc2ccc(F)c(F)c2)nc1. The van der Waals surface area contributed by atoms with Gasteiger partial charge in [-0.2, -0.15) is 0 Å². The molecule has 0 spiro atoms. The summed E-state index contributed by atoms with van der Waals surface area (Å²) in [5, 5.41) is 0. The van der Waals surface area contributed by atoms with E-state index in [-0.39, 0.29) is 22.4 Å². The van der Waals surface area contributed by atoms with Crippen LogP contribution in [0.25, 0.3) is 0 Å². The first-order valence-corrected chi connectivity index (χ1v) is 8.58. The summed E-state index contributed by atoms with van der Waals surface area (Å²) in [6.45, 7) is 7.55. The first-order valence-electron chi connectivity index (χ1n) is 7.44. The van der Waals surface area contributed by atoms with Crippen molar-refractivity contribution in [3.8, 4) is 11.6 Å². The second-order valence-electron chi connectivity index (χ2n) is 6.33.